The molecule has 0 spiro atoms. The van der Waals surface area contributed by atoms with Crippen molar-refractivity contribution in [1.29, 1.82) is 0 Å². The summed E-state index contributed by atoms with van der Waals surface area (Å²) in [5, 5.41) is 15.2. The van der Waals surface area contributed by atoms with E-state index in [1.165, 1.54) is 0 Å². The third-order valence-electron chi connectivity index (χ3n) is 2.13. The van der Waals surface area contributed by atoms with Crippen molar-refractivity contribution in [3.8, 4) is 0 Å². The summed E-state index contributed by atoms with van der Waals surface area (Å²) in [6, 6.07) is 0.818. The summed E-state index contributed by atoms with van der Waals surface area (Å²) in [7, 11) is -2.40. The largest absolute Gasteiger partial charge is 0.500 e. The molecule has 0 aliphatic carbocycles. The Labute approximate surface area is 145 Å². The maximum Gasteiger partial charge on any atom is 0.500 e. The van der Waals surface area contributed by atoms with E-state index < -0.39 is 20.7 Å². The highest BCUT2D eigenvalue weighted by Crippen LogP contribution is 2.17. The predicted octanol–water partition coefficient (Wildman–Crippen LogP) is 1.90. The molecule has 0 radical (unpaired) electrons. The van der Waals surface area contributed by atoms with Crippen LogP contribution in [0.15, 0.2) is 25.3 Å². The molecule has 8 nitrogen and oxygen atoms in total. The van der Waals surface area contributed by atoms with Crippen LogP contribution in [0.1, 0.15) is 27.2 Å². The van der Waals surface area contributed by atoms with Crippen molar-refractivity contribution in [1.82, 2.24) is 0 Å². The first-order chi connectivity index (χ1) is 11.3. The molecule has 0 aromatic carbocycles. The van der Waals surface area contributed by atoms with Crippen LogP contribution in [0.5, 0.6) is 0 Å². The van der Waals surface area contributed by atoms with Gasteiger partial charge in [-0.25, -0.2) is 9.59 Å². The lowest BCUT2D eigenvalue weighted by Crippen LogP contribution is -2.46. The molecule has 0 heterocycles. The number of rotatable bonds is 11. The van der Waals surface area contributed by atoms with Crippen molar-refractivity contribution < 1.29 is 33.1 Å². The fourth-order valence-corrected chi connectivity index (χ4v) is 3.96. The average Bonchev–Trinajstić information content (AvgIpc) is 2.54. The number of carboxylic acids is 2. The minimum absolute atomic E-state index is 0.636. The molecular formula is C15H31NO7Si. The number of carboxylic acid groups (broad SMARTS) is 2. The molecular weight excluding hydrogens is 334 g/mol. The van der Waals surface area contributed by atoms with Crippen molar-refractivity contribution >= 4 is 20.7 Å². The Morgan fingerprint density at radius 3 is 1.42 bits per heavy atom. The van der Waals surface area contributed by atoms with Gasteiger partial charge in [0.05, 0.1) is 0 Å². The van der Waals surface area contributed by atoms with Gasteiger partial charge in [-0.1, -0.05) is 13.2 Å². The van der Waals surface area contributed by atoms with Crippen LogP contribution < -0.4 is 5.73 Å². The van der Waals surface area contributed by atoms with Gasteiger partial charge < -0.3 is 29.2 Å². The third-order valence-corrected chi connectivity index (χ3v) is 5.28. The highest BCUT2D eigenvalue weighted by atomic mass is 28.4. The number of hydrogen-bond donors (Lipinski definition) is 3. The molecule has 0 rings (SSSR count). The summed E-state index contributed by atoms with van der Waals surface area (Å²) in [6.45, 7) is 14.4. The molecule has 0 aliphatic heterocycles. The molecule has 0 atom stereocenters. The second kappa shape index (κ2) is 19.5. The normalized spacial score (nSPS) is 9.67. The fraction of sp³-hybridized carbons (Fsp3) is 0.600. The average molecular weight is 365 g/mol. The molecule has 0 aromatic heterocycles. The number of nitrogens with two attached hydrogens (primary N) is 1. The summed E-state index contributed by atoms with van der Waals surface area (Å²) in [5.41, 5.74) is 5.48. The smallest absolute Gasteiger partial charge is 0.478 e. The maximum absolute atomic E-state index is 9.25. The predicted molar refractivity (Wildman–Crippen MR) is 94.8 cm³/mol. The number of aliphatic carboxylic acids is 2. The van der Waals surface area contributed by atoms with Gasteiger partial charge in [0.15, 0.2) is 0 Å². The van der Waals surface area contributed by atoms with Crippen molar-refractivity contribution in [2.45, 2.75) is 33.2 Å². The van der Waals surface area contributed by atoms with E-state index in [4.69, 9.17) is 29.2 Å². The Bertz CT molecular complexity index is 316. The molecule has 0 saturated heterocycles. The van der Waals surface area contributed by atoms with Gasteiger partial charge in [-0.05, 0) is 33.7 Å². The van der Waals surface area contributed by atoms with Crippen molar-refractivity contribution in [3.63, 3.8) is 0 Å². The lowest BCUT2D eigenvalue weighted by molar-refractivity contribution is -0.132. The molecule has 24 heavy (non-hydrogen) atoms. The third kappa shape index (κ3) is 20.5. The van der Waals surface area contributed by atoms with Crippen LogP contribution in [-0.4, -0.2) is 57.3 Å². The number of carbonyl (C=O) groups is 2. The van der Waals surface area contributed by atoms with E-state index in [1.807, 2.05) is 20.8 Å². The molecule has 4 N–H and O–H groups in total. The van der Waals surface area contributed by atoms with E-state index in [1.54, 1.807) is 0 Å². The Kier molecular flexibility index (Phi) is 22.2. The van der Waals surface area contributed by atoms with Gasteiger partial charge in [-0.2, -0.15) is 0 Å². The van der Waals surface area contributed by atoms with Gasteiger partial charge in [-0.3, -0.25) is 0 Å². The zero-order valence-corrected chi connectivity index (χ0v) is 15.8. The molecule has 0 aromatic rings. The molecule has 142 valence electrons. The van der Waals surface area contributed by atoms with E-state index in [2.05, 4.69) is 13.2 Å². The molecule has 0 aliphatic rings. The zero-order valence-electron chi connectivity index (χ0n) is 14.8. The highest BCUT2D eigenvalue weighted by Gasteiger charge is 2.39. The first-order valence-corrected chi connectivity index (χ1v) is 9.54. The summed E-state index contributed by atoms with van der Waals surface area (Å²) >= 11 is 0. The first-order valence-electron chi connectivity index (χ1n) is 7.61. The zero-order chi connectivity index (χ0) is 19.4. The van der Waals surface area contributed by atoms with Crippen LogP contribution in [0.3, 0.4) is 0 Å². The summed E-state index contributed by atoms with van der Waals surface area (Å²) < 4.78 is 17.0. The quantitative estimate of drug-likeness (QED) is 0.374. The van der Waals surface area contributed by atoms with Crippen molar-refractivity contribution in [3.05, 3.63) is 25.3 Å². The van der Waals surface area contributed by atoms with E-state index in [0.717, 1.165) is 24.6 Å². The first kappa shape index (κ1) is 27.3. The molecule has 0 amide bonds. The second-order valence-corrected chi connectivity index (χ2v) is 6.69. The minimum Gasteiger partial charge on any atom is -0.478 e. The minimum atomic E-state index is -2.40. The lowest BCUT2D eigenvalue weighted by atomic mass is 10.5. The Balaban J connectivity index is -0.000000361. The number of hydrogen-bond acceptors (Lipinski definition) is 6. The summed E-state index contributed by atoms with van der Waals surface area (Å²) in [5.74, 6) is -1.96. The monoisotopic (exact) mass is 365 g/mol. The van der Waals surface area contributed by atoms with Crippen molar-refractivity contribution in [2.75, 3.05) is 26.4 Å². The van der Waals surface area contributed by atoms with Crippen LogP contribution >= 0.6 is 0 Å². The van der Waals surface area contributed by atoms with Gasteiger partial charge in [0.2, 0.25) is 0 Å². The van der Waals surface area contributed by atoms with Gasteiger partial charge in [-0.15, -0.1) is 0 Å². The Hall–Kier alpha value is -1.52. The van der Waals surface area contributed by atoms with Gasteiger partial charge in [0, 0.05) is 38.0 Å². The van der Waals surface area contributed by atoms with E-state index in [9.17, 15) is 9.59 Å². The Morgan fingerprint density at radius 2 is 1.25 bits per heavy atom. The van der Waals surface area contributed by atoms with E-state index in [0.29, 0.717) is 26.4 Å². The fourth-order valence-electron chi connectivity index (χ4n) is 1.32. The highest BCUT2D eigenvalue weighted by molar-refractivity contribution is 6.60. The Morgan fingerprint density at radius 1 is 0.958 bits per heavy atom. The van der Waals surface area contributed by atoms with Crippen LogP contribution in [0.4, 0.5) is 0 Å². The standard InChI is InChI=1S/C9H23NO3Si.2C3H4O2/c1-4-11-14(12-5-2,13-6-3)9-7-8-10;2*1-2-3(4)5/h4-10H2,1-3H3;2*2H,1H2,(H,4,5). The van der Waals surface area contributed by atoms with Crippen LogP contribution in [-0.2, 0) is 22.9 Å². The van der Waals surface area contributed by atoms with Crippen molar-refractivity contribution in [2.24, 2.45) is 5.73 Å². The summed E-state index contributed by atoms with van der Waals surface area (Å²) in [6.07, 6.45) is 2.56. The second-order valence-electron chi connectivity index (χ2n) is 3.96. The maximum atomic E-state index is 9.25. The lowest BCUT2D eigenvalue weighted by Gasteiger charge is -2.28. The molecule has 9 heteroatoms. The molecule has 0 bridgehead atoms. The van der Waals surface area contributed by atoms with Crippen LogP contribution in [0.2, 0.25) is 6.04 Å². The topological polar surface area (TPSA) is 128 Å². The van der Waals surface area contributed by atoms with E-state index >= 15 is 0 Å². The molecule has 0 fully saturated rings. The van der Waals surface area contributed by atoms with Gasteiger partial charge in [0.25, 0.3) is 0 Å². The van der Waals surface area contributed by atoms with Gasteiger partial charge in [0.1, 0.15) is 0 Å². The SMILES string of the molecule is C=CC(=O)O.C=CC(=O)O.CCO[Si](CCCN)(OCC)OCC. The van der Waals surface area contributed by atoms with Crippen LogP contribution in [0, 0.1) is 0 Å². The van der Waals surface area contributed by atoms with Crippen LogP contribution in [0.25, 0.3) is 0 Å². The molecule has 0 saturated carbocycles. The van der Waals surface area contributed by atoms with Gasteiger partial charge >= 0.3 is 20.7 Å². The van der Waals surface area contributed by atoms with E-state index in [-0.39, 0.29) is 0 Å². The summed E-state index contributed by atoms with van der Waals surface area (Å²) in [4.78, 5) is 18.5. The molecule has 0 unspecified atom stereocenters.